The number of hydrogen-bond acceptors (Lipinski definition) is 3. The third-order valence-corrected chi connectivity index (χ3v) is 3.53. The van der Waals surface area contributed by atoms with Crippen LogP contribution in [-0.2, 0) is 0 Å². The Hall–Kier alpha value is -1.26. The first-order valence-corrected chi connectivity index (χ1v) is 6.96. The van der Waals surface area contributed by atoms with Crippen LogP contribution < -0.4 is 10.5 Å². The van der Waals surface area contributed by atoms with Gasteiger partial charge in [0.05, 0.1) is 12.2 Å². The molecule has 2 rings (SSSR count). The van der Waals surface area contributed by atoms with E-state index in [1.165, 1.54) is 0 Å². The van der Waals surface area contributed by atoms with Gasteiger partial charge in [0.1, 0.15) is 5.75 Å². The van der Waals surface area contributed by atoms with E-state index in [1.54, 1.807) is 18.2 Å². The first-order valence-electron chi connectivity index (χ1n) is 6.59. The zero-order chi connectivity index (χ0) is 13.8. The standard InChI is InChI=1S/C14H19ClN2O2/c1-2-19-13-4-3-10(15)9-12(13)14(18)17-7-5-11(16)6-8-17/h3-4,9,11H,2,5-8,16H2,1H3. The van der Waals surface area contributed by atoms with Gasteiger partial charge in [0.15, 0.2) is 0 Å². The molecule has 2 N–H and O–H groups in total. The van der Waals surface area contributed by atoms with E-state index in [1.807, 2.05) is 11.8 Å². The number of carbonyl (C=O) groups is 1. The molecule has 1 aromatic rings. The molecular weight excluding hydrogens is 264 g/mol. The summed E-state index contributed by atoms with van der Waals surface area (Å²) in [5, 5.41) is 0.542. The summed E-state index contributed by atoms with van der Waals surface area (Å²) in [5.74, 6) is 0.560. The molecule has 0 spiro atoms. The van der Waals surface area contributed by atoms with Crippen molar-refractivity contribution in [2.24, 2.45) is 5.73 Å². The number of nitrogens with zero attached hydrogens (tertiary/aromatic N) is 1. The second-order valence-electron chi connectivity index (χ2n) is 4.70. The number of piperidine rings is 1. The highest BCUT2D eigenvalue weighted by atomic mass is 35.5. The third-order valence-electron chi connectivity index (χ3n) is 3.30. The van der Waals surface area contributed by atoms with E-state index in [0.29, 0.717) is 36.0 Å². The van der Waals surface area contributed by atoms with Gasteiger partial charge in [-0.15, -0.1) is 0 Å². The zero-order valence-electron chi connectivity index (χ0n) is 11.1. The van der Waals surface area contributed by atoms with Crippen LogP contribution in [0.3, 0.4) is 0 Å². The topological polar surface area (TPSA) is 55.6 Å². The SMILES string of the molecule is CCOc1ccc(Cl)cc1C(=O)N1CCC(N)CC1. The fraction of sp³-hybridized carbons (Fsp3) is 0.500. The van der Waals surface area contributed by atoms with Gasteiger partial charge in [0, 0.05) is 24.2 Å². The molecule has 0 bridgehead atoms. The fourth-order valence-electron chi connectivity index (χ4n) is 2.22. The second kappa shape index (κ2) is 6.26. The minimum atomic E-state index is -0.0298. The number of rotatable bonds is 3. The smallest absolute Gasteiger partial charge is 0.257 e. The van der Waals surface area contributed by atoms with Crippen LogP contribution in [0.5, 0.6) is 5.75 Å². The summed E-state index contributed by atoms with van der Waals surface area (Å²) < 4.78 is 5.49. The second-order valence-corrected chi connectivity index (χ2v) is 5.14. The summed E-state index contributed by atoms with van der Waals surface area (Å²) in [4.78, 5) is 14.3. The van der Waals surface area contributed by atoms with Crippen molar-refractivity contribution >= 4 is 17.5 Å². The molecule has 5 heteroatoms. The Kier molecular flexibility index (Phi) is 4.66. The summed E-state index contributed by atoms with van der Waals surface area (Å²) in [6.45, 7) is 3.80. The summed E-state index contributed by atoms with van der Waals surface area (Å²) in [6, 6.07) is 5.35. The Balaban J connectivity index is 2.20. The van der Waals surface area contributed by atoms with Crippen LogP contribution in [0.25, 0.3) is 0 Å². The van der Waals surface area contributed by atoms with Crippen molar-refractivity contribution in [3.63, 3.8) is 0 Å². The van der Waals surface area contributed by atoms with Crippen LogP contribution in [0.4, 0.5) is 0 Å². The van der Waals surface area contributed by atoms with E-state index in [2.05, 4.69) is 0 Å². The van der Waals surface area contributed by atoms with Crippen LogP contribution in [0.15, 0.2) is 18.2 Å². The fourth-order valence-corrected chi connectivity index (χ4v) is 2.40. The normalized spacial score (nSPS) is 16.5. The minimum Gasteiger partial charge on any atom is -0.493 e. The van der Waals surface area contributed by atoms with Crippen molar-refractivity contribution in [3.8, 4) is 5.75 Å². The number of carbonyl (C=O) groups excluding carboxylic acids is 1. The Morgan fingerprint density at radius 3 is 2.79 bits per heavy atom. The van der Waals surface area contributed by atoms with Gasteiger partial charge in [-0.05, 0) is 38.0 Å². The average molecular weight is 283 g/mol. The van der Waals surface area contributed by atoms with Crippen molar-refractivity contribution in [3.05, 3.63) is 28.8 Å². The van der Waals surface area contributed by atoms with Crippen molar-refractivity contribution in [1.29, 1.82) is 0 Å². The maximum Gasteiger partial charge on any atom is 0.257 e. The molecule has 0 saturated carbocycles. The largest absolute Gasteiger partial charge is 0.493 e. The molecule has 4 nitrogen and oxygen atoms in total. The van der Waals surface area contributed by atoms with Crippen molar-refractivity contribution < 1.29 is 9.53 Å². The van der Waals surface area contributed by atoms with Crippen LogP contribution in [0.2, 0.25) is 5.02 Å². The lowest BCUT2D eigenvalue weighted by atomic mass is 10.0. The first kappa shape index (κ1) is 14.2. The Labute approximate surface area is 118 Å². The van der Waals surface area contributed by atoms with Gasteiger partial charge in [-0.2, -0.15) is 0 Å². The molecule has 0 aromatic heterocycles. The number of amides is 1. The molecule has 1 aliphatic rings. The van der Waals surface area contributed by atoms with E-state index in [-0.39, 0.29) is 11.9 Å². The lowest BCUT2D eigenvalue weighted by Gasteiger charge is -2.30. The van der Waals surface area contributed by atoms with E-state index < -0.39 is 0 Å². The molecule has 104 valence electrons. The summed E-state index contributed by atoms with van der Waals surface area (Å²) >= 11 is 5.98. The summed E-state index contributed by atoms with van der Waals surface area (Å²) in [6.07, 6.45) is 1.69. The van der Waals surface area contributed by atoms with Crippen molar-refractivity contribution in [1.82, 2.24) is 4.90 Å². The van der Waals surface area contributed by atoms with Gasteiger partial charge < -0.3 is 15.4 Å². The highest BCUT2D eigenvalue weighted by molar-refractivity contribution is 6.31. The monoisotopic (exact) mass is 282 g/mol. The molecule has 1 aliphatic heterocycles. The first-order chi connectivity index (χ1) is 9.11. The van der Waals surface area contributed by atoms with E-state index in [9.17, 15) is 4.79 Å². The van der Waals surface area contributed by atoms with Crippen molar-refractivity contribution in [2.45, 2.75) is 25.8 Å². The molecule has 1 aromatic carbocycles. The van der Waals surface area contributed by atoms with Gasteiger partial charge in [0.2, 0.25) is 0 Å². The summed E-state index contributed by atoms with van der Waals surface area (Å²) in [5.41, 5.74) is 6.39. The minimum absolute atomic E-state index is 0.0298. The predicted molar refractivity (Wildman–Crippen MR) is 75.7 cm³/mol. The molecule has 0 aliphatic carbocycles. The zero-order valence-corrected chi connectivity index (χ0v) is 11.8. The molecule has 0 unspecified atom stereocenters. The van der Waals surface area contributed by atoms with Crippen molar-refractivity contribution in [2.75, 3.05) is 19.7 Å². The average Bonchev–Trinajstić information content (AvgIpc) is 2.41. The molecule has 0 atom stereocenters. The Morgan fingerprint density at radius 1 is 1.47 bits per heavy atom. The molecule has 1 saturated heterocycles. The van der Waals surface area contributed by atoms with Crippen LogP contribution in [0.1, 0.15) is 30.1 Å². The lowest BCUT2D eigenvalue weighted by molar-refractivity contribution is 0.0710. The highest BCUT2D eigenvalue weighted by Gasteiger charge is 2.24. The van der Waals surface area contributed by atoms with Gasteiger partial charge in [-0.3, -0.25) is 4.79 Å². The highest BCUT2D eigenvalue weighted by Crippen LogP contribution is 2.25. The molecule has 0 radical (unpaired) electrons. The van der Waals surface area contributed by atoms with E-state index in [4.69, 9.17) is 22.1 Å². The molecule has 1 amide bonds. The number of benzene rings is 1. The molecule has 1 heterocycles. The Bertz CT molecular complexity index is 457. The lowest BCUT2D eigenvalue weighted by Crippen LogP contribution is -2.42. The number of likely N-dealkylation sites (tertiary alicyclic amines) is 1. The Morgan fingerprint density at radius 2 is 2.16 bits per heavy atom. The van der Waals surface area contributed by atoms with E-state index >= 15 is 0 Å². The summed E-state index contributed by atoms with van der Waals surface area (Å²) in [7, 11) is 0. The van der Waals surface area contributed by atoms with E-state index in [0.717, 1.165) is 12.8 Å². The van der Waals surface area contributed by atoms with Crippen LogP contribution in [0, 0.1) is 0 Å². The third kappa shape index (κ3) is 3.39. The molecular formula is C14H19ClN2O2. The molecule has 19 heavy (non-hydrogen) atoms. The number of halogens is 1. The quantitative estimate of drug-likeness (QED) is 0.925. The number of ether oxygens (including phenoxy) is 1. The maximum atomic E-state index is 12.5. The molecule has 1 fully saturated rings. The van der Waals surface area contributed by atoms with Gasteiger partial charge >= 0.3 is 0 Å². The number of nitrogens with two attached hydrogens (primary N) is 1. The maximum absolute atomic E-state index is 12.5. The number of hydrogen-bond donors (Lipinski definition) is 1. The van der Waals surface area contributed by atoms with Gasteiger partial charge in [-0.1, -0.05) is 11.6 Å². The van der Waals surface area contributed by atoms with Crippen LogP contribution in [-0.4, -0.2) is 36.5 Å². The van der Waals surface area contributed by atoms with Gasteiger partial charge in [-0.25, -0.2) is 0 Å². The van der Waals surface area contributed by atoms with Crippen LogP contribution >= 0.6 is 11.6 Å². The van der Waals surface area contributed by atoms with Gasteiger partial charge in [0.25, 0.3) is 5.91 Å². The predicted octanol–water partition coefficient (Wildman–Crippen LogP) is 2.30.